The van der Waals surface area contributed by atoms with Gasteiger partial charge in [0.25, 0.3) is 5.56 Å². The number of rotatable bonds is 10. The van der Waals surface area contributed by atoms with Crippen molar-refractivity contribution in [2.24, 2.45) is 0 Å². The van der Waals surface area contributed by atoms with Crippen LogP contribution in [0.15, 0.2) is 46.2 Å². The largest absolute Gasteiger partial charge is 0.383 e. The molecule has 166 valence electrons. The van der Waals surface area contributed by atoms with Gasteiger partial charge in [0.1, 0.15) is 6.54 Å². The van der Waals surface area contributed by atoms with Crippen LogP contribution in [-0.4, -0.2) is 44.4 Å². The molecule has 2 heterocycles. The molecule has 0 spiro atoms. The molecule has 31 heavy (non-hydrogen) atoms. The second-order valence-corrected chi connectivity index (χ2v) is 7.43. The highest BCUT2D eigenvalue weighted by atomic mass is 16.5. The second kappa shape index (κ2) is 10.2. The molecule has 2 aromatic heterocycles. The number of nitrogens with one attached hydrogen (secondary N) is 1. The van der Waals surface area contributed by atoms with Crippen LogP contribution in [0.1, 0.15) is 32.3 Å². The quantitative estimate of drug-likeness (QED) is 0.527. The number of carbonyl (C=O) groups is 1. The predicted octanol–water partition coefficient (Wildman–Crippen LogP) is 1.36. The highest BCUT2D eigenvalue weighted by molar-refractivity contribution is 5.77. The summed E-state index contributed by atoms with van der Waals surface area (Å²) in [6.45, 7) is 4.66. The molecule has 9 heteroatoms. The third-order valence-corrected chi connectivity index (χ3v) is 5.36. The van der Waals surface area contributed by atoms with E-state index in [1.165, 1.54) is 10.9 Å². The lowest BCUT2D eigenvalue weighted by molar-refractivity contribution is -0.122. The maximum absolute atomic E-state index is 13.3. The Kier molecular flexibility index (Phi) is 7.41. The van der Waals surface area contributed by atoms with E-state index in [9.17, 15) is 14.4 Å². The first-order valence-electron chi connectivity index (χ1n) is 10.5. The molecule has 0 atom stereocenters. The van der Waals surface area contributed by atoms with Gasteiger partial charge in [-0.25, -0.2) is 14.3 Å². The van der Waals surface area contributed by atoms with E-state index in [4.69, 9.17) is 4.74 Å². The van der Waals surface area contributed by atoms with Crippen LogP contribution >= 0.6 is 0 Å². The Balaban J connectivity index is 2.10. The van der Waals surface area contributed by atoms with Crippen LogP contribution in [0.3, 0.4) is 0 Å². The highest BCUT2D eigenvalue weighted by Crippen LogP contribution is 2.10. The molecule has 9 nitrogen and oxygen atoms in total. The number of amides is 1. The lowest BCUT2D eigenvalue weighted by Gasteiger charge is -2.16. The van der Waals surface area contributed by atoms with Crippen molar-refractivity contribution < 1.29 is 9.53 Å². The molecule has 0 saturated heterocycles. The Bertz CT molecular complexity index is 1140. The molecule has 1 N–H and O–H groups in total. The van der Waals surface area contributed by atoms with Crippen LogP contribution in [0.2, 0.25) is 0 Å². The molecule has 0 aliphatic rings. The van der Waals surface area contributed by atoms with Crippen LogP contribution in [0.5, 0.6) is 0 Å². The molecule has 0 saturated carbocycles. The first kappa shape index (κ1) is 22.5. The molecule has 1 aromatic carbocycles. The number of methoxy groups -OCH3 is 1. The number of fused-ring (bicyclic) bond motifs is 1. The maximum atomic E-state index is 13.3. The van der Waals surface area contributed by atoms with Crippen molar-refractivity contribution in [3.8, 4) is 0 Å². The molecule has 0 bridgehead atoms. The number of carbonyl (C=O) groups excluding carboxylic acids is 1. The third kappa shape index (κ3) is 4.93. The Hall–Kier alpha value is -3.20. The lowest BCUT2D eigenvalue weighted by atomic mass is 10.2. The fraction of sp³-hybridized carbons (Fsp3) is 0.455. The fourth-order valence-electron chi connectivity index (χ4n) is 3.56. The molecule has 0 aliphatic heterocycles. The zero-order chi connectivity index (χ0) is 22.4. The number of ether oxygens (including phenoxy) is 1. The summed E-state index contributed by atoms with van der Waals surface area (Å²) in [6, 6.07) is 9.46. The van der Waals surface area contributed by atoms with Gasteiger partial charge in [0, 0.05) is 19.7 Å². The van der Waals surface area contributed by atoms with Gasteiger partial charge < -0.3 is 14.6 Å². The Morgan fingerprint density at radius 2 is 1.84 bits per heavy atom. The first-order chi connectivity index (χ1) is 15.0. The van der Waals surface area contributed by atoms with Crippen molar-refractivity contribution in [3.63, 3.8) is 0 Å². The van der Waals surface area contributed by atoms with Gasteiger partial charge >= 0.3 is 5.69 Å². The summed E-state index contributed by atoms with van der Waals surface area (Å²) in [4.78, 5) is 43.4. The van der Waals surface area contributed by atoms with Crippen molar-refractivity contribution >= 4 is 17.1 Å². The molecule has 0 fully saturated rings. The van der Waals surface area contributed by atoms with E-state index in [0.717, 1.165) is 23.0 Å². The number of benzene rings is 1. The number of hydrogen-bond acceptors (Lipinski definition) is 5. The molecule has 0 aliphatic carbocycles. The van der Waals surface area contributed by atoms with E-state index < -0.39 is 11.2 Å². The number of aromatic nitrogens is 4. The lowest BCUT2D eigenvalue weighted by Crippen LogP contribution is -2.46. The van der Waals surface area contributed by atoms with Gasteiger partial charge in [0.05, 0.1) is 19.5 Å². The van der Waals surface area contributed by atoms with Gasteiger partial charge in [-0.3, -0.25) is 14.2 Å². The van der Waals surface area contributed by atoms with Gasteiger partial charge in [-0.2, -0.15) is 0 Å². The van der Waals surface area contributed by atoms with Crippen LogP contribution in [0, 0.1) is 0 Å². The van der Waals surface area contributed by atoms with Crippen LogP contribution in [-0.2, 0) is 29.2 Å². The molecule has 3 aromatic rings. The Labute approximate surface area is 180 Å². The van der Waals surface area contributed by atoms with E-state index >= 15 is 0 Å². The van der Waals surface area contributed by atoms with Crippen molar-refractivity contribution in [2.45, 2.75) is 52.4 Å². The maximum Gasteiger partial charge on any atom is 0.333 e. The second-order valence-electron chi connectivity index (χ2n) is 7.43. The van der Waals surface area contributed by atoms with Crippen molar-refractivity contribution in [2.75, 3.05) is 13.7 Å². The van der Waals surface area contributed by atoms with Crippen LogP contribution in [0.25, 0.3) is 11.2 Å². The summed E-state index contributed by atoms with van der Waals surface area (Å²) in [5, 5.41) is 2.89. The zero-order valence-corrected chi connectivity index (χ0v) is 18.2. The average Bonchev–Trinajstić information content (AvgIpc) is 3.21. The third-order valence-electron chi connectivity index (χ3n) is 5.36. The van der Waals surface area contributed by atoms with Gasteiger partial charge in [-0.15, -0.1) is 0 Å². The van der Waals surface area contributed by atoms with Crippen LogP contribution < -0.4 is 16.6 Å². The standard InChI is InChI=1S/C22H29N5O4/c1-4-17(5-2)24-18(28)14-27-21(29)19-20(23-15-25(19)11-12-31-3)26(22(27)30)13-16-9-7-6-8-10-16/h6-10,15,17H,4-5,11-14H2,1-3H3,(H,24,28). The number of hydrogen-bond donors (Lipinski definition) is 1. The Morgan fingerprint density at radius 3 is 2.48 bits per heavy atom. The number of imidazole rings is 1. The molecular formula is C22H29N5O4. The summed E-state index contributed by atoms with van der Waals surface area (Å²) < 4.78 is 9.23. The van der Waals surface area contributed by atoms with Crippen molar-refractivity contribution in [1.82, 2.24) is 24.0 Å². The first-order valence-corrected chi connectivity index (χ1v) is 10.5. The minimum atomic E-state index is -0.557. The fourth-order valence-corrected chi connectivity index (χ4v) is 3.56. The summed E-state index contributed by atoms with van der Waals surface area (Å²) >= 11 is 0. The minimum absolute atomic E-state index is 0.00529. The molecule has 1 amide bonds. The van der Waals surface area contributed by atoms with Crippen molar-refractivity contribution in [1.29, 1.82) is 0 Å². The predicted molar refractivity (Wildman–Crippen MR) is 118 cm³/mol. The SMILES string of the molecule is CCC(CC)NC(=O)Cn1c(=O)c2c(ncn2CCOC)n(Cc2ccccc2)c1=O. The van der Waals surface area contributed by atoms with Crippen molar-refractivity contribution in [3.05, 3.63) is 63.1 Å². The monoisotopic (exact) mass is 427 g/mol. The minimum Gasteiger partial charge on any atom is -0.383 e. The molecule has 0 radical (unpaired) electrons. The average molecular weight is 428 g/mol. The van der Waals surface area contributed by atoms with Gasteiger partial charge in [-0.05, 0) is 18.4 Å². The number of nitrogens with zero attached hydrogens (tertiary/aromatic N) is 4. The summed E-state index contributed by atoms with van der Waals surface area (Å²) in [6.07, 6.45) is 3.08. The zero-order valence-electron chi connectivity index (χ0n) is 18.2. The topological polar surface area (TPSA) is 100 Å². The molecular weight excluding hydrogens is 398 g/mol. The summed E-state index contributed by atoms with van der Waals surface area (Å²) in [5.41, 5.74) is 0.384. The van der Waals surface area contributed by atoms with Gasteiger partial charge in [-0.1, -0.05) is 44.2 Å². The van der Waals surface area contributed by atoms with Crippen LogP contribution in [0.4, 0.5) is 0 Å². The van der Waals surface area contributed by atoms with E-state index in [-0.39, 0.29) is 30.6 Å². The molecule has 3 rings (SSSR count). The smallest absolute Gasteiger partial charge is 0.333 e. The summed E-state index contributed by atoms with van der Waals surface area (Å²) in [5.74, 6) is -0.360. The molecule has 0 unspecified atom stereocenters. The van der Waals surface area contributed by atoms with Gasteiger partial charge in [0.2, 0.25) is 5.91 Å². The normalized spacial score (nSPS) is 11.4. The summed E-state index contributed by atoms with van der Waals surface area (Å²) in [7, 11) is 1.57. The van der Waals surface area contributed by atoms with E-state index in [2.05, 4.69) is 10.3 Å². The van der Waals surface area contributed by atoms with Gasteiger partial charge in [0.15, 0.2) is 11.2 Å². The highest BCUT2D eigenvalue weighted by Gasteiger charge is 2.20. The van der Waals surface area contributed by atoms with E-state index in [0.29, 0.717) is 18.8 Å². The Morgan fingerprint density at radius 1 is 1.13 bits per heavy atom. The van der Waals surface area contributed by atoms with E-state index in [1.807, 2.05) is 44.2 Å². The van der Waals surface area contributed by atoms with E-state index in [1.54, 1.807) is 11.7 Å².